The summed E-state index contributed by atoms with van der Waals surface area (Å²) in [5.74, 6) is 1.03. The highest BCUT2D eigenvalue weighted by Crippen LogP contribution is 2.26. The molecule has 0 aliphatic carbocycles. The van der Waals surface area contributed by atoms with E-state index in [-0.39, 0.29) is 5.56 Å². The van der Waals surface area contributed by atoms with Gasteiger partial charge in [-0.1, -0.05) is 42.4 Å². The van der Waals surface area contributed by atoms with Crippen LogP contribution in [0.1, 0.15) is 24.1 Å². The Hall–Kier alpha value is -2.78. The number of aromatic nitrogens is 5. The molecule has 4 rings (SSSR count). The first-order valence-corrected chi connectivity index (χ1v) is 10.7. The van der Waals surface area contributed by atoms with Crippen molar-refractivity contribution in [3.63, 3.8) is 0 Å². The minimum absolute atomic E-state index is 0.342. The number of benzene rings is 1. The van der Waals surface area contributed by atoms with Crippen LogP contribution in [-0.4, -0.2) is 23.7 Å². The molecule has 0 radical (unpaired) electrons. The van der Waals surface area contributed by atoms with E-state index in [9.17, 15) is 9.59 Å². The maximum absolute atomic E-state index is 12.9. The van der Waals surface area contributed by atoms with Crippen LogP contribution in [0.2, 0.25) is 5.02 Å². The number of halogens is 1. The van der Waals surface area contributed by atoms with Crippen molar-refractivity contribution in [2.75, 3.05) is 0 Å². The van der Waals surface area contributed by atoms with Gasteiger partial charge in [-0.15, -0.1) is 0 Å². The summed E-state index contributed by atoms with van der Waals surface area (Å²) in [6, 6.07) is 7.43. The molecule has 30 heavy (non-hydrogen) atoms. The Bertz CT molecular complexity index is 1350. The standard InChI is InChI=1S/C20H20ClN5O3S/c1-4-14-10-29-15(22-14)11-30-19-23-17-16(18(27)25(3)20(28)24(17)2)26(19)9-12-6-5-7-13(21)8-12/h5-8,10H,4,9,11H2,1-3H3. The molecule has 0 unspecified atom stereocenters. The fraction of sp³-hybridized carbons (Fsp3) is 0.300. The van der Waals surface area contributed by atoms with Crippen LogP contribution in [0.25, 0.3) is 11.2 Å². The second kappa shape index (κ2) is 8.16. The Labute approximate surface area is 181 Å². The highest BCUT2D eigenvalue weighted by Gasteiger charge is 2.20. The van der Waals surface area contributed by atoms with Gasteiger partial charge in [-0.3, -0.25) is 13.9 Å². The number of aryl methyl sites for hydroxylation is 2. The fourth-order valence-corrected chi connectivity index (χ4v) is 4.27. The molecule has 156 valence electrons. The van der Waals surface area contributed by atoms with Crippen molar-refractivity contribution in [2.45, 2.75) is 30.8 Å². The van der Waals surface area contributed by atoms with Crippen LogP contribution >= 0.6 is 23.4 Å². The summed E-state index contributed by atoms with van der Waals surface area (Å²) >= 11 is 7.54. The molecule has 0 N–H and O–H groups in total. The summed E-state index contributed by atoms with van der Waals surface area (Å²) in [5.41, 5.74) is 1.70. The highest BCUT2D eigenvalue weighted by atomic mass is 35.5. The van der Waals surface area contributed by atoms with Crippen LogP contribution < -0.4 is 11.2 Å². The number of imidazole rings is 1. The third-order valence-electron chi connectivity index (χ3n) is 4.83. The van der Waals surface area contributed by atoms with E-state index in [0.29, 0.717) is 39.5 Å². The lowest BCUT2D eigenvalue weighted by Crippen LogP contribution is -2.37. The number of fused-ring (bicyclic) bond motifs is 1. The smallest absolute Gasteiger partial charge is 0.332 e. The average Bonchev–Trinajstić information content (AvgIpc) is 3.34. The maximum atomic E-state index is 12.9. The minimum atomic E-state index is -0.420. The van der Waals surface area contributed by atoms with Crippen molar-refractivity contribution in [1.29, 1.82) is 0 Å². The second-order valence-electron chi connectivity index (χ2n) is 6.86. The van der Waals surface area contributed by atoms with Gasteiger partial charge in [0.05, 0.1) is 18.0 Å². The lowest BCUT2D eigenvalue weighted by atomic mass is 10.2. The van der Waals surface area contributed by atoms with E-state index in [1.165, 1.54) is 23.4 Å². The Balaban J connectivity index is 1.83. The Kier molecular flexibility index (Phi) is 5.57. The van der Waals surface area contributed by atoms with Crippen LogP contribution in [0.5, 0.6) is 0 Å². The molecular weight excluding hydrogens is 426 g/mol. The molecule has 0 fully saturated rings. The van der Waals surface area contributed by atoms with Gasteiger partial charge in [0, 0.05) is 19.1 Å². The highest BCUT2D eigenvalue weighted by molar-refractivity contribution is 7.98. The predicted molar refractivity (Wildman–Crippen MR) is 116 cm³/mol. The molecule has 0 aliphatic heterocycles. The number of nitrogens with zero attached hydrogens (tertiary/aromatic N) is 5. The zero-order valence-electron chi connectivity index (χ0n) is 16.8. The lowest BCUT2D eigenvalue weighted by Gasteiger charge is -2.09. The van der Waals surface area contributed by atoms with Crippen molar-refractivity contribution >= 4 is 34.5 Å². The summed E-state index contributed by atoms with van der Waals surface area (Å²) in [5, 5.41) is 1.21. The first kappa shape index (κ1) is 20.5. The SMILES string of the molecule is CCc1coc(CSc2nc3c(c(=O)n(C)c(=O)n3C)n2Cc2cccc(Cl)c2)n1. The Morgan fingerprint density at radius 1 is 1.17 bits per heavy atom. The van der Waals surface area contributed by atoms with E-state index in [1.807, 2.05) is 29.7 Å². The molecule has 8 nitrogen and oxygen atoms in total. The molecule has 0 saturated heterocycles. The third-order valence-corrected chi connectivity index (χ3v) is 6.03. The van der Waals surface area contributed by atoms with E-state index in [4.69, 9.17) is 16.0 Å². The van der Waals surface area contributed by atoms with Gasteiger partial charge >= 0.3 is 5.69 Å². The van der Waals surface area contributed by atoms with Crippen molar-refractivity contribution in [3.05, 3.63) is 73.5 Å². The Morgan fingerprint density at radius 2 is 1.97 bits per heavy atom. The number of rotatable bonds is 6. The van der Waals surface area contributed by atoms with Gasteiger partial charge in [-0.05, 0) is 24.1 Å². The van der Waals surface area contributed by atoms with Crippen molar-refractivity contribution in [1.82, 2.24) is 23.7 Å². The molecule has 0 atom stereocenters. The zero-order chi connectivity index (χ0) is 21.4. The molecular formula is C20H20ClN5O3S. The quantitative estimate of drug-likeness (QED) is 0.424. The van der Waals surface area contributed by atoms with Crippen LogP contribution in [0.3, 0.4) is 0 Å². The van der Waals surface area contributed by atoms with Gasteiger partial charge in [0.1, 0.15) is 6.26 Å². The van der Waals surface area contributed by atoms with Gasteiger partial charge in [0.15, 0.2) is 16.3 Å². The molecule has 1 aromatic carbocycles. The molecule has 3 heterocycles. The number of oxazole rings is 1. The van der Waals surface area contributed by atoms with Gasteiger partial charge in [0.25, 0.3) is 5.56 Å². The Morgan fingerprint density at radius 3 is 2.67 bits per heavy atom. The molecule has 10 heteroatoms. The van der Waals surface area contributed by atoms with Crippen molar-refractivity contribution < 1.29 is 4.42 Å². The van der Waals surface area contributed by atoms with Crippen LogP contribution in [0, 0.1) is 0 Å². The maximum Gasteiger partial charge on any atom is 0.332 e. The minimum Gasteiger partial charge on any atom is -0.448 e. The normalized spacial score (nSPS) is 11.5. The van der Waals surface area contributed by atoms with E-state index in [2.05, 4.69) is 9.97 Å². The molecule has 0 saturated carbocycles. The molecule has 0 aliphatic rings. The van der Waals surface area contributed by atoms with Gasteiger partial charge in [-0.25, -0.2) is 14.8 Å². The molecule has 4 aromatic rings. The zero-order valence-corrected chi connectivity index (χ0v) is 18.3. The number of hydrogen-bond acceptors (Lipinski definition) is 6. The fourth-order valence-electron chi connectivity index (χ4n) is 3.21. The average molecular weight is 446 g/mol. The molecule has 0 amide bonds. The summed E-state index contributed by atoms with van der Waals surface area (Å²) < 4.78 is 9.80. The first-order valence-electron chi connectivity index (χ1n) is 9.35. The summed E-state index contributed by atoms with van der Waals surface area (Å²) in [6.45, 7) is 2.40. The number of thioether (sulfide) groups is 1. The molecule has 3 aromatic heterocycles. The summed E-state index contributed by atoms with van der Waals surface area (Å²) in [4.78, 5) is 34.3. The topological polar surface area (TPSA) is 87.9 Å². The third kappa shape index (κ3) is 3.70. The van der Waals surface area contributed by atoms with Crippen LogP contribution in [-0.2, 0) is 32.8 Å². The van der Waals surface area contributed by atoms with Gasteiger partial charge in [-0.2, -0.15) is 0 Å². The van der Waals surface area contributed by atoms with Crippen molar-refractivity contribution in [3.8, 4) is 0 Å². The predicted octanol–water partition coefficient (Wildman–Crippen LogP) is 2.98. The van der Waals surface area contributed by atoms with E-state index in [1.54, 1.807) is 19.4 Å². The monoisotopic (exact) mass is 445 g/mol. The second-order valence-corrected chi connectivity index (χ2v) is 8.24. The summed E-state index contributed by atoms with van der Waals surface area (Å²) in [7, 11) is 3.07. The van der Waals surface area contributed by atoms with Crippen molar-refractivity contribution in [2.24, 2.45) is 14.1 Å². The van der Waals surface area contributed by atoms with E-state index in [0.717, 1.165) is 22.2 Å². The van der Waals surface area contributed by atoms with E-state index >= 15 is 0 Å². The first-order chi connectivity index (χ1) is 14.4. The van der Waals surface area contributed by atoms with Gasteiger partial charge < -0.3 is 8.98 Å². The number of hydrogen-bond donors (Lipinski definition) is 0. The van der Waals surface area contributed by atoms with E-state index < -0.39 is 5.69 Å². The largest absolute Gasteiger partial charge is 0.448 e. The van der Waals surface area contributed by atoms with Crippen LogP contribution in [0.4, 0.5) is 0 Å². The molecule has 0 bridgehead atoms. The lowest BCUT2D eigenvalue weighted by molar-refractivity contribution is 0.516. The molecule has 0 spiro atoms. The van der Waals surface area contributed by atoms with Crippen LogP contribution in [0.15, 0.2) is 49.7 Å². The van der Waals surface area contributed by atoms with Gasteiger partial charge in [0.2, 0.25) is 5.89 Å². The summed E-state index contributed by atoms with van der Waals surface area (Å²) in [6.07, 6.45) is 2.43.